The molecule has 1 fully saturated rings. The molecule has 0 bridgehead atoms. The van der Waals surface area contributed by atoms with Crippen molar-refractivity contribution >= 4 is 0 Å². The largest absolute Gasteiger partial charge is 0.326 e. The maximum atomic E-state index is 6.43. The van der Waals surface area contributed by atoms with Crippen LogP contribution in [-0.2, 0) is 7.05 Å². The van der Waals surface area contributed by atoms with Crippen LogP contribution >= 0.6 is 0 Å². The van der Waals surface area contributed by atoms with Gasteiger partial charge in [-0.2, -0.15) is 5.10 Å². The lowest BCUT2D eigenvalue weighted by Gasteiger charge is -2.43. The van der Waals surface area contributed by atoms with Crippen molar-refractivity contribution in [2.75, 3.05) is 6.54 Å². The molecular weight excluding hydrogens is 236 g/mol. The van der Waals surface area contributed by atoms with Crippen LogP contribution in [0.4, 0.5) is 0 Å². The van der Waals surface area contributed by atoms with Crippen LogP contribution in [0.1, 0.15) is 57.6 Å². The van der Waals surface area contributed by atoms with Crippen molar-refractivity contribution < 1.29 is 0 Å². The Labute approximate surface area is 117 Å². The topological polar surface area (TPSA) is 47.1 Å². The quantitative estimate of drug-likeness (QED) is 0.888. The predicted molar refractivity (Wildman–Crippen MR) is 78.9 cm³/mol. The van der Waals surface area contributed by atoms with Crippen LogP contribution in [0.25, 0.3) is 0 Å². The molecule has 1 saturated heterocycles. The van der Waals surface area contributed by atoms with E-state index in [9.17, 15) is 0 Å². The third-order valence-electron chi connectivity index (χ3n) is 4.44. The lowest BCUT2D eigenvalue weighted by atomic mass is 9.91. The first-order valence-electron chi connectivity index (χ1n) is 7.67. The van der Waals surface area contributed by atoms with E-state index in [0.29, 0.717) is 12.1 Å². The van der Waals surface area contributed by atoms with Gasteiger partial charge in [0, 0.05) is 30.9 Å². The van der Waals surface area contributed by atoms with Crippen LogP contribution in [0.3, 0.4) is 0 Å². The van der Waals surface area contributed by atoms with Crippen LogP contribution in [0.2, 0.25) is 0 Å². The van der Waals surface area contributed by atoms with E-state index in [2.05, 4.69) is 30.0 Å². The van der Waals surface area contributed by atoms with Gasteiger partial charge in [0.1, 0.15) is 0 Å². The molecule has 0 aliphatic carbocycles. The zero-order valence-electron chi connectivity index (χ0n) is 12.5. The highest BCUT2D eigenvalue weighted by atomic mass is 15.3. The molecular formula is C15H28N4. The molecule has 0 amide bonds. The first-order chi connectivity index (χ1) is 9.17. The molecule has 2 rings (SSSR count). The Hall–Kier alpha value is -0.870. The highest BCUT2D eigenvalue weighted by Gasteiger charge is 2.32. The van der Waals surface area contributed by atoms with Crippen LogP contribution in [0.15, 0.2) is 12.4 Å². The molecule has 4 nitrogen and oxygen atoms in total. The van der Waals surface area contributed by atoms with Crippen molar-refractivity contribution in [1.29, 1.82) is 0 Å². The molecule has 0 radical (unpaired) electrons. The van der Waals surface area contributed by atoms with E-state index in [1.165, 1.54) is 37.8 Å². The fourth-order valence-corrected chi connectivity index (χ4v) is 3.33. The van der Waals surface area contributed by atoms with Crippen LogP contribution in [-0.4, -0.2) is 33.3 Å². The van der Waals surface area contributed by atoms with Gasteiger partial charge in [0.25, 0.3) is 0 Å². The highest BCUT2D eigenvalue weighted by molar-refractivity contribution is 5.14. The minimum absolute atomic E-state index is 0.191. The summed E-state index contributed by atoms with van der Waals surface area (Å²) < 4.78 is 1.88. The number of aryl methyl sites for hydroxylation is 1. The van der Waals surface area contributed by atoms with Crippen molar-refractivity contribution in [3.63, 3.8) is 0 Å². The van der Waals surface area contributed by atoms with Gasteiger partial charge in [0.15, 0.2) is 0 Å². The summed E-state index contributed by atoms with van der Waals surface area (Å²) in [6.07, 6.45) is 10.3. The van der Waals surface area contributed by atoms with Gasteiger partial charge >= 0.3 is 0 Å². The normalized spacial score (nSPS) is 24.3. The molecule has 0 saturated carbocycles. The molecule has 2 N–H and O–H groups in total. The van der Waals surface area contributed by atoms with E-state index in [1.807, 2.05) is 17.9 Å². The smallest absolute Gasteiger partial charge is 0.0538 e. The van der Waals surface area contributed by atoms with Gasteiger partial charge < -0.3 is 5.73 Å². The van der Waals surface area contributed by atoms with Crippen molar-refractivity contribution in [2.24, 2.45) is 12.8 Å². The standard InChI is InChI=1S/C15H28N4/c1-4-13-8-6-7-9-19(13)15(14(16)5-2)12-10-17-18(3)11-12/h10-11,13-15H,4-9,16H2,1-3H3. The van der Waals surface area contributed by atoms with Gasteiger partial charge in [-0.15, -0.1) is 0 Å². The van der Waals surface area contributed by atoms with Gasteiger partial charge in [-0.25, -0.2) is 0 Å². The Morgan fingerprint density at radius 1 is 1.42 bits per heavy atom. The fourth-order valence-electron chi connectivity index (χ4n) is 3.33. The van der Waals surface area contributed by atoms with Crippen LogP contribution in [0.5, 0.6) is 0 Å². The molecule has 4 heteroatoms. The minimum Gasteiger partial charge on any atom is -0.326 e. The van der Waals surface area contributed by atoms with E-state index in [4.69, 9.17) is 5.73 Å². The summed E-state index contributed by atoms with van der Waals surface area (Å²) in [5.74, 6) is 0. The van der Waals surface area contributed by atoms with Gasteiger partial charge in [0.2, 0.25) is 0 Å². The molecule has 1 aromatic heterocycles. The van der Waals surface area contributed by atoms with E-state index in [0.717, 1.165) is 6.42 Å². The van der Waals surface area contributed by atoms with Crippen molar-refractivity contribution in [2.45, 2.75) is 64.1 Å². The van der Waals surface area contributed by atoms with Gasteiger partial charge in [-0.1, -0.05) is 20.3 Å². The monoisotopic (exact) mass is 264 g/mol. The fraction of sp³-hybridized carbons (Fsp3) is 0.800. The number of aromatic nitrogens is 2. The molecule has 0 spiro atoms. The Balaban J connectivity index is 2.26. The Morgan fingerprint density at radius 3 is 2.79 bits per heavy atom. The Bertz CT molecular complexity index is 387. The number of rotatable bonds is 5. The van der Waals surface area contributed by atoms with E-state index < -0.39 is 0 Å². The molecule has 108 valence electrons. The van der Waals surface area contributed by atoms with Gasteiger partial charge in [0.05, 0.1) is 12.2 Å². The number of piperidine rings is 1. The summed E-state index contributed by atoms with van der Waals surface area (Å²) in [5, 5.41) is 4.33. The summed E-state index contributed by atoms with van der Waals surface area (Å²) in [6, 6.07) is 1.19. The zero-order chi connectivity index (χ0) is 13.8. The summed E-state index contributed by atoms with van der Waals surface area (Å²) in [6.45, 7) is 5.64. The van der Waals surface area contributed by atoms with E-state index in [1.54, 1.807) is 0 Å². The van der Waals surface area contributed by atoms with Crippen LogP contribution < -0.4 is 5.73 Å². The van der Waals surface area contributed by atoms with Gasteiger partial charge in [-0.3, -0.25) is 9.58 Å². The number of nitrogens with zero attached hydrogens (tertiary/aromatic N) is 3. The molecule has 1 aliphatic heterocycles. The maximum Gasteiger partial charge on any atom is 0.0538 e. The second-order valence-corrected chi connectivity index (χ2v) is 5.76. The summed E-state index contributed by atoms with van der Waals surface area (Å²) in [4.78, 5) is 2.63. The Kier molecular flexibility index (Phi) is 4.99. The third kappa shape index (κ3) is 3.18. The zero-order valence-corrected chi connectivity index (χ0v) is 12.5. The average molecular weight is 264 g/mol. The predicted octanol–water partition coefficient (Wildman–Crippen LogP) is 2.46. The molecule has 0 aromatic carbocycles. The first kappa shape index (κ1) is 14.5. The highest BCUT2D eigenvalue weighted by Crippen LogP contribution is 2.32. The SMILES string of the molecule is CCC(N)C(c1cnn(C)c1)N1CCCCC1CC. The van der Waals surface area contributed by atoms with Crippen molar-refractivity contribution in [3.8, 4) is 0 Å². The molecule has 2 heterocycles. The second kappa shape index (κ2) is 6.53. The minimum atomic E-state index is 0.191. The molecule has 19 heavy (non-hydrogen) atoms. The molecule has 1 aliphatic rings. The average Bonchev–Trinajstić information content (AvgIpc) is 2.85. The van der Waals surface area contributed by atoms with Crippen LogP contribution in [0, 0.1) is 0 Å². The number of likely N-dealkylation sites (tertiary alicyclic amines) is 1. The summed E-state index contributed by atoms with van der Waals surface area (Å²) in [7, 11) is 1.98. The maximum absolute atomic E-state index is 6.43. The number of hydrogen-bond donors (Lipinski definition) is 1. The molecule has 1 aromatic rings. The summed E-state index contributed by atoms with van der Waals surface area (Å²) in [5.41, 5.74) is 7.70. The number of hydrogen-bond acceptors (Lipinski definition) is 3. The number of nitrogens with two attached hydrogens (primary N) is 1. The van der Waals surface area contributed by atoms with E-state index >= 15 is 0 Å². The van der Waals surface area contributed by atoms with Crippen molar-refractivity contribution in [3.05, 3.63) is 18.0 Å². The molecule has 3 unspecified atom stereocenters. The van der Waals surface area contributed by atoms with E-state index in [-0.39, 0.29) is 6.04 Å². The lowest BCUT2D eigenvalue weighted by Crippen LogP contribution is -2.48. The first-order valence-corrected chi connectivity index (χ1v) is 7.67. The second-order valence-electron chi connectivity index (χ2n) is 5.76. The van der Waals surface area contributed by atoms with Crippen molar-refractivity contribution in [1.82, 2.24) is 14.7 Å². The van der Waals surface area contributed by atoms with Gasteiger partial charge in [-0.05, 0) is 32.2 Å². The molecule has 3 atom stereocenters. The third-order valence-corrected chi connectivity index (χ3v) is 4.44. The summed E-state index contributed by atoms with van der Waals surface area (Å²) >= 11 is 0. The Morgan fingerprint density at radius 2 is 2.21 bits per heavy atom. The lowest BCUT2D eigenvalue weighted by molar-refractivity contribution is 0.0757.